The minimum Gasteiger partial charge on any atom is -0.339 e. The second-order valence-corrected chi connectivity index (χ2v) is 5.34. The third kappa shape index (κ3) is 4.42. The lowest BCUT2D eigenvalue weighted by molar-refractivity contribution is -0.138. The number of nitrogens with zero attached hydrogens (tertiary/aromatic N) is 3. The first-order chi connectivity index (χ1) is 12.0. The van der Waals surface area contributed by atoms with Crippen LogP contribution in [0.25, 0.3) is 11.4 Å². The highest BCUT2D eigenvalue weighted by atomic mass is 19.4. The number of alkyl halides is 3. The van der Waals surface area contributed by atoms with E-state index >= 15 is 0 Å². The quantitative estimate of drug-likeness (QED) is 0.691. The van der Waals surface area contributed by atoms with Crippen molar-refractivity contribution in [2.75, 3.05) is 6.54 Å². The Kier molecular flexibility index (Phi) is 5.08. The molecule has 1 N–H and O–H groups in total. The van der Waals surface area contributed by atoms with Gasteiger partial charge >= 0.3 is 6.18 Å². The number of halogens is 3. The summed E-state index contributed by atoms with van der Waals surface area (Å²) in [6.45, 7) is 0.528. The molecule has 3 rings (SSSR count). The van der Waals surface area contributed by atoms with Crippen molar-refractivity contribution in [3.05, 3.63) is 65.8 Å². The zero-order valence-electron chi connectivity index (χ0n) is 13.1. The van der Waals surface area contributed by atoms with Crippen molar-refractivity contribution in [3.8, 4) is 11.4 Å². The summed E-state index contributed by atoms with van der Waals surface area (Å²) >= 11 is 0. The minimum atomic E-state index is -4.36. The van der Waals surface area contributed by atoms with E-state index in [1.54, 1.807) is 24.5 Å². The van der Waals surface area contributed by atoms with Crippen LogP contribution in [-0.4, -0.2) is 21.7 Å². The lowest BCUT2D eigenvalue weighted by atomic mass is 10.1. The molecule has 2 heterocycles. The maximum Gasteiger partial charge on any atom is 0.416 e. The van der Waals surface area contributed by atoms with Crippen molar-refractivity contribution >= 4 is 0 Å². The van der Waals surface area contributed by atoms with Gasteiger partial charge in [-0.2, -0.15) is 18.2 Å². The highest BCUT2D eigenvalue weighted by molar-refractivity contribution is 5.51. The van der Waals surface area contributed by atoms with E-state index in [9.17, 15) is 13.2 Å². The van der Waals surface area contributed by atoms with E-state index in [1.807, 2.05) is 6.07 Å². The smallest absolute Gasteiger partial charge is 0.339 e. The molecule has 0 atom stereocenters. The summed E-state index contributed by atoms with van der Waals surface area (Å²) in [7, 11) is 0. The SMILES string of the molecule is FC(F)(F)c1ccccc1CNCCc1nc(-c2cccnc2)no1. The Hall–Kier alpha value is -2.74. The van der Waals surface area contributed by atoms with Crippen LogP contribution in [0.5, 0.6) is 0 Å². The van der Waals surface area contributed by atoms with Crippen LogP contribution in [-0.2, 0) is 19.1 Å². The first-order valence-electron chi connectivity index (χ1n) is 7.63. The van der Waals surface area contributed by atoms with E-state index in [1.165, 1.54) is 12.1 Å². The average Bonchev–Trinajstić information content (AvgIpc) is 3.08. The zero-order valence-corrected chi connectivity index (χ0v) is 13.1. The number of rotatable bonds is 6. The van der Waals surface area contributed by atoms with Gasteiger partial charge in [-0.1, -0.05) is 23.4 Å². The lowest BCUT2D eigenvalue weighted by Crippen LogP contribution is -2.19. The van der Waals surface area contributed by atoms with Crippen LogP contribution in [0, 0.1) is 0 Å². The fourth-order valence-corrected chi connectivity index (χ4v) is 2.34. The standard InChI is InChI=1S/C17H15F3N4O/c18-17(19,20)14-6-2-1-4-12(14)10-22-9-7-15-23-16(24-25-15)13-5-3-8-21-11-13/h1-6,8,11,22H,7,9-10H2. The van der Waals surface area contributed by atoms with Gasteiger partial charge in [0.2, 0.25) is 11.7 Å². The molecule has 0 saturated heterocycles. The van der Waals surface area contributed by atoms with E-state index in [0.717, 1.165) is 11.6 Å². The average molecular weight is 348 g/mol. The summed E-state index contributed by atoms with van der Waals surface area (Å²) in [5.41, 5.74) is 0.320. The molecule has 0 radical (unpaired) electrons. The van der Waals surface area contributed by atoms with E-state index in [0.29, 0.717) is 24.7 Å². The van der Waals surface area contributed by atoms with Gasteiger partial charge in [0.25, 0.3) is 0 Å². The normalized spacial score (nSPS) is 11.6. The molecule has 2 aromatic heterocycles. The number of hydrogen-bond donors (Lipinski definition) is 1. The molecule has 130 valence electrons. The van der Waals surface area contributed by atoms with Crippen molar-refractivity contribution in [2.45, 2.75) is 19.1 Å². The number of aromatic nitrogens is 3. The maximum absolute atomic E-state index is 12.9. The van der Waals surface area contributed by atoms with Gasteiger partial charge < -0.3 is 9.84 Å². The van der Waals surface area contributed by atoms with Crippen LogP contribution in [0.1, 0.15) is 17.0 Å². The Balaban J connectivity index is 1.54. The molecule has 0 unspecified atom stereocenters. The van der Waals surface area contributed by atoms with Crippen LogP contribution in [0.4, 0.5) is 13.2 Å². The summed E-state index contributed by atoms with van der Waals surface area (Å²) in [6, 6.07) is 9.09. The number of benzene rings is 1. The molecule has 3 aromatic rings. The van der Waals surface area contributed by atoms with Crippen LogP contribution < -0.4 is 5.32 Å². The van der Waals surface area contributed by atoms with E-state index in [2.05, 4.69) is 20.4 Å². The van der Waals surface area contributed by atoms with E-state index in [4.69, 9.17) is 4.52 Å². The molecule has 0 saturated carbocycles. The third-order valence-corrected chi connectivity index (χ3v) is 3.54. The minimum absolute atomic E-state index is 0.110. The third-order valence-electron chi connectivity index (χ3n) is 3.54. The fraction of sp³-hybridized carbons (Fsp3) is 0.235. The Bertz CT molecular complexity index is 818. The van der Waals surface area contributed by atoms with Crippen molar-refractivity contribution in [3.63, 3.8) is 0 Å². The highest BCUT2D eigenvalue weighted by Crippen LogP contribution is 2.31. The summed E-state index contributed by atoms with van der Waals surface area (Å²) in [5, 5.41) is 6.84. The monoisotopic (exact) mass is 348 g/mol. The molecule has 0 spiro atoms. The molecule has 0 aliphatic heterocycles. The second-order valence-electron chi connectivity index (χ2n) is 5.34. The Morgan fingerprint density at radius 2 is 1.92 bits per heavy atom. The molecule has 0 aliphatic carbocycles. The number of hydrogen-bond acceptors (Lipinski definition) is 5. The first kappa shape index (κ1) is 17.1. The molecular weight excluding hydrogens is 333 g/mol. The molecular formula is C17H15F3N4O. The molecule has 8 heteroatoms. The molecule has 25 heavy (non-hydrogen) atoms. The summed E-state index contributed by atoms with van der Waals surface area (Å²) in [5.74, 6) is 0.848. The predicted molar refractivity (Wildman–Crippen MR) is 84.4 cm³/mol. The molecule has 1 aromatic carbocycles. The highest BCUT2D eigenvalue weighted by Gasteiger charge is 2.32. The van der Waals surface area contributed by atoms with Crippen LogP contribution in [0.3, 0.4) is 0 Å². The van der Waals surface area contributed by atoms with Gasteiger partial charge in [0, 0.05) is 37.5 Å². The maximum atomic E-state index is 12.9. The molecule has 0 fully saturated rings. The summed E-state index contributed by atoms with van der Waals surface area (Å²) in [4.78, 5) is 8.23. The summed E-state index contributed by atoms with van der Waals surface area (Å²) < 4.78 is 43.9. The van der Waals surface area contributed by atoms with Crippen LogP contribution in [0.15, 0.2) is 53.3 Å². The fourth-order valence-electron chi connectivity index (χ4n) is 2.34. The van der Waals surface area contributed by atoms with E-state index < -0.39 is 11.7 Å². The van der Waals surface area contributed by atoms with Gasteiger partial charge in [-0.3, -0.25) is 4.98 Å². The number of nitrogens with one attached hydrogen (secondary N) is 1. The summed E-state index contributed by atoms with van der Waals surface area (Å²) in [6.07, 6.45) is -0.668. The van der Waals surface area contributed by atoms with Crippen molar-refractivity contribution in [1.29, 1.82) is 0 Å². The lowest BCUT2D eigenvalue weighted by Gasteiger charge is -2.12. The molecule has 0 amide bonds. The predicted octanol–water partition coefficient (Wildman–Crippen LogP) is 3.48. The van der Waals surface area contributed by atoms with Gasteiger partial charge in [0.1, 0.15) is 0 Å². The molecule has 0 aliphatic rings. The Labute approximate surface area is 141 Å². The largest absolute Gasteiger partial charge is 0.416 e. The van der Waals surface area contributed by atoms with Gasteiger partial charge in [0.05, 0.1) is 5.56 Å². The number of pyridine rings is 1. The Morgan fingerprint density at radius 1 is 1.08 bits per heavy atom. The second kappa shape index (κ2) is 7.43. The van der Waals surface area contributed by atoms with Gasteiger partial charge in [-0.25, -0.2) is 0 Å². The van der Waals surface area contributed by atoms with Gasteiger partial charge in [-0.05, 0) is 23.8 Å². The van der Waals surface area contributed by atoms with Crippen LogP contribution >= 0.6 is 0 Å². The first-order valence-corrected chi connectivity index (χ1v) is 7.63. The molecule has 0 bridgehead atoms. The molecule has 5 nitrogen and oxygen atoms in total. The van der Waals surface area contributed by atoms with Gasteiger partial charge in [0.15, 0.2) is 0 Å². The van der Waals surface area contributed by atoms with Gasteiger partial charge in [-0.15, -0.1) is 0 Å². The van der Waals surface area contributed by atoms with Crippen molar-refractivity contribution in [2.24, 2.45) is 0 Å². The van der Waals surface area contributed by atoms with Crippen molar-refractivity contribution in [1.82, 2.24) is 20.4 Å². The van der Waals surface area contributed by atoms with E-state index in [-0.39, 0.29) is 12.1 Å². The van der Waals surface area contributed by atoms with Crippen LogP contribution in [0.2, 0.25) is 0 Å². The zero-order chi connectivity index (χ0) is 17.7. The topological polar surface area (TPSA) is 63.8 Å². The Morgan fingerprint density at radius 3 is 2.68 bits per heavy atom. The van der Waals surface area contributed by atoms with Crippen molar-refractivity contribution < 1.29 is 17.7 Å².